The summed E-state index contributed by atoms with van der Waals surface area (Å²) >= 11 is 6.09. The third kappa shape index (κ3) is 2.22. The van der Waals surface area contributed by atoms with Crippen molar-refractivity contribution in [1.82, 2.24) is 9.88 Å². The minimum absolute atomic E-state index is 0.0827. The Labute approximate surface area is 186 Å². The molecule has 2 aliphatic heterocycles. The van der Waals surface area contributed by atoms with E-state index in [0.717, 1.165) is 47.7 Å². The average molecular weight is 431 g/mol. The molecule has 2 aliphatic carbocycles. The molecule has 31 heavy (non-hydrogen) atoms. The molecule has 4 nitrogen and oxygen atoms in total. The van der Waals surface area contributed by atoms with Gasteiger partial charge >= 0.3 is 0 Å². The van der Waals surface area contributed by atoms with Gasteiger partial charge in [0, 0.05) is 33.8 Å². The molecule has 1 unspecified atom stereocenters. The highest BCUT2D eigenvalue weighted by Gasteiger charge is 2.64. The lowest BCUT2D eigenvalue weighted by Crippen LogP contribution is -2.62. The van der Waals surface area contributed by atoms with E-state index in [0.29, 0.717) is 17.7 Å². The van der Waals surface area contributed by atoms with Crippen molar-refractivity contribution in [3.63, 3.8) is 0 Å². The molecule has 156 valence electrons. The Morgan fingerprint density at radius 1 is 1.10 bits per heavy atom. The van der Waals surface area contributed by atoms with E-state index < -0.39 is 0 Å². The van der Waals surface area contributed by atoms with E-state index in [-0.39, 0.29) is 17.3 Å². The van der Waals surface area contributed by atoms with E-state index in [1.54, 1.807) is 6.07 Å². The number of halogens is 1. The molecule has 2 aromatic carbocycles. The minimum Gasteiger partial charge on any atom is -0.504 e. The maximum absolute atomic E-state index is 10.7. The summed E-state index contributed by atoms with van der Waals surface area (Å²) in [7, 11) is 2.26. The SMILES string of the molecule is CN1CC[C@]23c4c5ccc(O)c4O[C@H]2c2ncc(-c4ccc(Cl)cc4)cc2C[C@H]3C1C5. The number of pyridine rings is 1. The molecule has 3 heterocycles. The van der Waals surface area contributed by atoms with E-state index in [1.807, 2.05) is 30.5 Å². The number of phenolic OH excluding ortho intramolecular Hbond substituents is 1. The standard InChI is InChI=1S/C26H23ClN2O2/c1-29-9-8-26-19-11-16-10-17(14-2-5-18(27)6-3-14)13-28-23(16)25(26)31-24-21(30)7-4-15(22(24)26)12-20(19)29/h2-7,10,13,19-20,25,30H,8-9,11-12H2,1H3/t19-,20?,25-,26-/m0/s1. The van der Waals surface area contributed by atoms with Crippen LogP contribution in [-0.4, -0.2) is 34.6 Å². The molecule has 5 heteroatoms. The van der Waals surface area contributed by atoms with Gasteiger partial charge in [-0.05, 0) is 79.7 Å². The molecule has 4 aliphatic rings. The molecule has 0 saturated carbocycles. The fraction of sp³-hybridized carbons (Fsp3) is 0.346. The Morgan fingerprint density at radius 3 is 2.77 bits per heavy atom. The van der Waals surface area contributed by atoms with Crippen molar-refractivity contribution in [2.45, 2.75) is 36.8 Å². The van der Waals surface area contributed by atoms with Crippen LogP contribution in [0.4, 0.5) is 0 Å². The third-order valence-corrected chi connectivity index (χ3v) is 8.51. The molecular weight excluding hydrogens is 408 g/mol. The normalized spacial score (nSPS) is 29.8. The fourth-order valence-electron chi connectivity index (χ4n) is 6.86. The molecule has 7 rings (SSSR count). The molecule has 1 aromatic heterocycles. The largest absolute Gasteiger partial charge is 0.504 e. The third-order valence-electron chi connectivity index (χ3n) is 8.26. The first-order valence-corrected chi connectivity index (χ1v) is 11.4. The summed E-state index contributed by atoms with van der Waals surface area (Å²) in [5, 5.41) is 11.4. The summed E-state index contributed by atoms with van der Waals surface area (Å²) in [5.41, 5.74) is 7.07. The number of hydrogen-bond donors (Lipinski definition) is 1. The number of ether oxygens (including phenoxy) is 1. The maximum Gasteiger partial charge on any atom is 0.166 e. The minimum atomic E-state index is -0.126. The van der Waals surface area contributed by atoms with Gasteiger partial charge in [-0.2, -0.15) is 0 Å². The van der Waals surface area contributed by atoms with Gasteiger partial charge in [0.1, 0.15) is 0 Å². The number of hydrogen-bond acceptors (Lipinski definition) is 4. The quantitative estimate of drug-likeness (QED) is 0.595. The zero-order valence-electron chi connectivity index (χ0n) is 17.3. The molecule has 1 saturated heterocycles. The molecule has 1 N–H and O–H groups in total. The smallest absolute Gasteiger partial charge is 0.166 e. The number of likely N-dealkylation sites (N-methyl/N-ethyl adjacent to an activating group) is 1. The van der Waals surface area contributed by atoms with Crippen LogP contribution in [0.15, 0.2) is 48.7 Å². The highest BCUT2D eigenvalue weighted by molar-refractivity contribution is 6.30. The molecule has 0 radical (unpaired) electrons. The monoisotopic (exact) mass is 430 g/mol. The summed E-state index contributed by atoms with van der Waals surface area (Å²) in [6.45, 7) is 1.05. The lowest BCUT2D eigenvalue weighted by Gasteiger charge is -2.57. The van der Waals surface area contributed by atoms with Crippen LogP contribution >= 0.6 is 11.6 Å². The summed E-state index contributed by atoms with van der Waals surface area (Å²) in [6.07, 6.45) is 4.88. The molecule has 1 fully saturated rings. The van der Waals surface area contributed by atoms with Gasteiger partial charge in [0.05, 0.1) is 5.69 Å². The molecular formula is C26H23ClN2O2. The van der Waals surface area contributed by atoms with E-state index in [4.69, 9.17) is 21.3 Å². The Bertz CT molecular complexity index is 1240. The van der Waals surface area contributed by atoms with Gasteiger partial charge in [-0.15, -0.1) is 0 Å². The summed E-state index contributed by atoms with van der Waals surface area (Å²) in [5.74, 6) is 1.42. The van der Waals surface area contributed by atoms with Crippen molar-refractivity contribution >= 4 is 11.6 Å². The van der Waals surface area contributed by atoms with Gasteiger partial charge in [0.25, 0.3) is 0 Å². The van der Waals surface area contributed by atoms with Crippen LogP contribution in [0, 0.1) is 5.92 Å². The summed E-state index contributed by atoms with van der Waals surface area (Å²) < 4.78 is 6.58. The van der Waals surface area contributed by atoms with Gasteiger partial charge in [-0.1, -0.05) is 29.8 Å². The number of phenols is 1. The second-order valence-electron chi connectivity index (χ2n) is 9.57. The lowest BCUT2D eigenvalue weighted by molar-refractivity contribution is -0.0260. The average Bonchev–Trinajstić information content (AvgIpc) is 3.13. The molecule has 2 bridgehead atoms. The van der Waals surface area contributed by atoms with Crippen LogP contribution in [0.3, 0.4) is 0 Å². The first kappa shape index (κ1) is 18.1. The number of piperidine rings is 1. The van der Waals surface area contributed by atoms with Crippen LogP contribution < -0.4 is 4.74 Å². The first-order valence-electron chi connectivity index (χ1n) is 11.0. The predicted octanol–water partition coefficient (Wildman–Crippen LogP) is 4.91. The predicted molar refractivity (Wildman–Crippen MR) is 120 cm³/mol. The van der Waals surface area contributed by atoms with E-state index in [9.17, 15) is 5.11 Å². The van der Waals surface area contributed by atoms with E-state index in [1.165, 1.54) is 16.7 Å². The van der Waals surface area contributed by atoms with E-state index >= 15 is 0 Å². The molecule has 4 atom stereocenters. The number of benzene rings is 2. The Morgan fingerprint density at radius 2 is 1.94 bits per heavy atom. The Balaban J connectivity index is 1.43. The molecule has 1 spiro atoms. The molecule has 0 amide bonds. The van der Waals surface area contributed by atoms with Crippen molar-refractivity contribution in [2.24, 2.45) is 5.92 Å². The lowest BCUT2D eigenvalue weighted by atomic mass is 9.51. The van der Waals surface area contributed by atoms with Crippen molar-refractivity contribution in [2.75, 3.05) is 13.6 Å². The number of likely N-dealkylation sites (tertiary alicyclic amines) is 1. The zero-order chi connectivity index (χ0) is 20.9. The number of rotatable bonds is 1. The highest BCUT2D eigenvalue weighted by atomic mass is 35.5. The first-order chi connectivity index (χ1) is 15.1. The summed E-state index contributed by atoms with van der Waals surface area (Å²) in [4.78, 5) is 7.50. The Kier molecular flexibility index (Phi) is 3.51. The van der Waals surface area contributed by atoms with Crippen molar-refractivity contribution in [3.05, 3.63) is 76.1 Å². The van der Waals surface area contributed by atoms with Gasteiger partial charge in [0.15, 0.2) is 17.6 Å². The van der Waals surface area contributed by atoms with Crippen molar-refractivity contribution in [3.8, 4) is 22.6 Å². The second-order valence-corrected chi connectivity index (χ2v) is 10.0. The number of aromatic nitrogens is 1. The van der Waals surface area contributed by atoms with Crippen molar-refractivity contribution in [1.29, 1.82) is 0 Å². The maximum atomic E-state index is 10.7. The van der Waals surface area contributed by atoms with Gasteiger partial charge < -0.3 is 14.7 Å². The number of aromatic hydroxyl groups is 1. The zero-order valence-corrected chi connectivity index (χ0v) is 18.1. The molecule has 3 aromatic rings. The van der Waals surface area contributed by atoms with Crippen LogP contribution in [0.1, 0.15) is 34.9 Å². The number of nitrogens with zero attached hydrogens (tertiary/aromatic N) is 2. The van der Waals surface area contributed by atoms with Crippen LogP contribution in [0.25, 0.3) is 11.1 Å². The van der Waals surface area contributed by atoms with Gasteiger partial charge in [-0.25, -0.2) is 0 Å². The fourth-order valence-corrected chi connectivity index (χ4v) is 6.99. The van der Waals surface area contributed by atoms with Crippen molar-refractivity contribution < 1.29 is 9.84 Å². The number of fused-ring (bicyclic) bond motifs is 2. The van der Waals surface area contributed by atoms with Gasteiger partial charge in [0.2, 0.25) is 0 Å². The van der Waals surface area contributed by atoms with Crippen LogP contribution in [0.2, 0.25) is 5.02 Å². The van der Waals surface area contributed by atoms with E-state index in [2.05, 4.69) is 24.1 Å². The Hall–Kier alpha value is -2.56. The second kappa shape index (κ2) is 6.02. The summed E-state index contributed by atoms with van der Waals surface area (Å²) in [6, 6.07) is 14.6. The highest BCUT2D eigenvalue weighted by Crippen LogP contribution is 2.66. The van der Waals surface area contributed by atoms with Gasteiger partial charge in [-0.3, -0.25) is 4.98 Å². The van der Waals surface area contributed by atoms with Crippen LogP contribution in [-0.2, 0) is 18.3 Å². The topological polar surface area (TPSA) is 45.6 Å². The van der Waals surface area contributed by atoms with Crippen LogP contribution in [0.5, 0.6) is 11.5 Å².